The molecule has 3 aromatic heterocycles. The lowest BCUT2D eigenvalue weighted by Gasteiger charge is -2.33. The zero-order valence-corrected chi connectivity index (χ0v) is 18.2. The Morgan fingerprint density at radius 2 is 1.84 bits per heavy atom. The molecule has 0 bridgehead atoms. The lowest BCUT2D eigenvalue weighted by atomic mass is 10.0. The topological polar surface area (TPSA) is 109 Å². The van der Waals surface area contributed by atoms with Crippen LogP contribution in [0, 0.1) is 6.92 Å². The predicted molar refractivity (Wildman–Crippen MR) is 125 cm³/mol. The second-order valence-corrected chi connectivity index (χ2v) is 8.16. The molecule has 0 saturated carbocycles. The molecule has 4 heterocycles. The molecule has 0 amide bonds. The number of nitrogen functional groups attached to an aromatic ring is 1. The van der Waals surface area contributed by atoms with Crippen LogP contribution in [0.1, 0.15) is 11.1 Å². The first-order chi connectivity index (χ1) is 15.6. The molecular formula is C23H26N8O. The van der Waals surface area contributed by atoms with Crippen molar-refractivity contribution in [1.82, 2.24) is 30.3 Å². The highest BCUT2D eigenvalue weighted by Crippen LogP contribution is 2.28. The molecule has 1 fully saturated rings. The Labute approximate surface area is 186 Å². The van der Waals surface area contributed by atoms with E-state index >= 15 is 0 Å². The zero-order valence-electron chi connectivity index (χ0n) is 18.2. The first-order valence-corrected chi connectivity index (χ1v) is 10.7. The minimum atomic E-state index is 0.349. The Bertz CT molecular complexity index is 1250. The number of fused-ring (bicyclic) bond motifs is 1. The van der Waals surface area contributed by atoms with Gasteiger partial charge >= 0.3 is 0 Å². The van der Waals surface area contributed by atoms with Crippen LogP contribution in [0.2, 0.25) is 0 Å². The number of rotatable bonds is 5. The molecule has 0 aliphatic carbocycles. The predicted octanol–water partition coefficient (Wildman–Crippen LogP) is 2.64. The average Bonchev–Trinajstić information content (AvgIpc) is 3.27. The number of hydrogen-bond donors (Lipinski definition) is 2. The van der Waals surface area contributed by atoms with Crippen molar-refractivity contribution in [3.05, 3.63) is 53.7 Å². The second kappa shape index (κ2) is 8.43. The van der Waals surface area contributed by atoms with Crippen LogP contribution in [-0.4, -0.2) is 63.5 Å². The number of nitrogens with zero attached hydrogens (tertiary/aromatic N) is 6. The summed E-state index contributed by atoms with van der Waals surface area (Å²) in [5, 5.41) is 10.7. The molecule has 9 heteroatoms. The number of benzene rings is 1. The number of nitrogens with one attached hydrogen (secondary N) is 1. The largest absolute Gasteiger partial charge is 0.486 e. The summed E-state index contributed by atoms with van der Waals surface area (Å²) in [6.07, 6.45) is 1.90. The quantitative estimate of drug-likeness (QED) is 0.497. The third kappa shape index (κ3) is 4.06. The van der Waals surface area contributed by atoms with E-state index < -0.39 is 0 Å². The first-order valence-electron chi connectivity index (χ1n) is 10.7. The molecule has 3 N–H and O–H groups in total. The molecule has 0 spiro atoms. The van der Waals surface area contributed by atoms with Crippen molar-refractivity contribution in [2.75, 3.05) is 43.9 Å². The maximum atomic E-state index is 6.01. The van der Waals surface area contributed by atoms with Crippen molar-refractivity contribution >= 4 is 22.8 Å². The molecule has 164 valence electrons. The zero-order chi connectivity index (χ0) is 22.1. The van der Waals surface area contributed by atoms with Crippen LogP contribution in [-0.2, 0) is 6.61 Å². The van der Waals surface area contributed by atoms with Gasteiger partial charge in [0.05, 0.1) is 0 Å². The Hall–Kier alpha value is -3.72. The first kappa shape index (κ1) is 20.2. The van der Waals surface area contributed by atoms with E-state index in [0.717, 1.165) is 54.3 Å². The second-order valence-electron chi connectivity index (χ2n) is 8.16. The highest BCUT2D eigenvalue weighted by atomic mass is 16.5. The van der Waals surface area contributed by atoms with Crippen molar-refractivity contribution in [2.24, 2.45) is 0 Å². The van der Waals surface area contributed by atoms with Gasteiger partial charge in [0.15, 0.2) is 11.3 Å². The van der Waals surface area contributed by atoms with Crippen LogP contribution in [0.4, 0.5) is 11.6 Å². The Morgan fingerprint density at radius 1 is 1.03 bits per heavy atom. The van der Waals surface area contributed by atoms with E-state index in [1.165, 1.54) is 0 Å². The fourth-order valence-electron chi connectivity index (χ4n) is 3.94. The normalized spacial score (nSPS) is 14.8. The van der Waals surface area contributed by atoms with E-state index in [9.17, 15) is 0 Å². The molecule has 5 rings (SSSR count). The van der Waals surface area contributed by atoms with Crippen molar-refractivity contribution in [1.29, 1.82) is 0 Å². The van der Waals surface area contributed by atoms with Crippen molar-refractivity contribution in [3.63, 3.8) is 0 Å². The van der Waals surface area contributed by atoms with Gasteiger partial charge in [-0.2, -0.15) is 10.3 Å². The van der Waals surface area contributed by atoms with Crippen LogP contribution in [0.25, 0.3) is 22.3 Å². The number of pyridine rings is 2. The number of likely N-dealkylation sites (N-methyl/N-ethyl adjacent to an activating group) is 1. The minimum Gasteiger partial charge on any atom is -0.486 e. The van der Waals surface area contributed by atoms with Gasteiger partial charge in [-0.05, 0) is 48.4 Å². The van der Waals surface area contributed by atoms with Crippen LogP contribution in [0.5, 0.6) is 5.75 Å². The number of nitrogens with two attached hydrogens (primary N) is 1. The molecule has 0 atom stereocenters. The Morgan fingerprint density at radius 3 is 2.66 bits per heavy atom. The van der Waals surface area contributed by atoms with Gasteiger partial charge in [-0.1, -0.05) is 18.2 Å². The number of anilines is 2. The highest BCUT2D eigenvalue weighted by Gasteiger charge is 2.16. The lowest BCUT2D eigenvalue weighted by molar-refractivity contribution is 0.308. The fourth-order valence-corrected chi connectivity index (χ4v) is 3.94. The Kier molecular flexibility index (Phi) is 5.32. The number of hydrogen-bond acceptors (Lipinski definition) is 8. The minimum absolute atomic E-state index is 0.349. The summed E-state index contributed by atoms with van der Waals surface area (Å²) in [6, 6.07) is 12.3. The SMILES string of the molecule is Cc1cc(-c2ccnc(N3CCN(C)CC3)c2)ccc1COc1cc(N)nc2n[nH]nc12. The summed E-state index contributed by atoms with van der Waals surface area (Å²) in [5.41, 5.74) is 11.4. The monoisotopic (exact) mass is 430 g/mol. The fraction of sp³-hybridized carbons (Fsp3) is 0.304. The van der Waals surface area contributed by atoms with E-state index in [1.807, 2.05) is 6.20 Å². The number of aromatic nitrogens is 5. The standard InChI is InChI=1S/C23H26N8O/c1-15-11-16(17-5-6-25-21(12-17)31-9-7-30(2)8-10-31)3-4-18(15)14-32-19-13-20(24)26-23-22(19)27-29-28-23/h3-6,11-13H,7-10,14H2,1-2H3,(H3,24,26,27,28,29). The van der Waals surface area contributed by atoms with Crippen LogP contribution < -0.4 is 15.4 Å². The van der Waals surface area contributed by atoms with Crippen molar-refractivity contribution < 1.29 is 4.74 Å². The van der Waals surface area contributed by atoms with Crippen molar-refractivity contribution in [2.45, 2.75) is 13.5 Å². The highest BCUT2D eigenvalue weighted by molar-refractivity contribution is 5.79. The van der Waals surface area contributed by atoms with Crippen LogP contribution in [0.15, 0.2) is 42.6 Å². The van der Waals surface area contributed by atoms with E-state index in [4.69, 9.17) is 10.5 Å². The molecule has 9 nitrogen and oxygen atoms in total. The molecule has 4 aromatic rings. The van der Waals surface area contributed by atoms with Gasteiger partial charge in [-0.25, -0.2) is 9.97 Å². The van der Waals surface area contributed by atoms with Crippen molar-refractivity contribution in [3.8, 4) is 16.9 Å². The molecule has 0 unspecified atom stereocenters. The van der Waals surface area contributed by atoms with Gasteiger partial charge < -0.3 is 20.3 Å². The molecule has 1 aliphatic heterocycles. The molecular weight excluding hydrogens is 404 g/mol. The van der Waals surface area contributed by atoms with Gasteiger partial charge in [0.25, 0.3) is 0 Å². The van der Waals surface area contributed by atoms with Gasteiger partial charge in [-0.3, -0.25) is 0 Å². The number of aromatic amines is 1. The molecule has 1 aromatic carbocycles. The van der Waals surface area contributed by atoms with Gasteiger partial charge in [-0.15, -0.1) is 5.10 Å². The summed E-state index contributed by atoms with van der Waals surface area (Å²) < 4.78 is 6.01. The van der Waals surface area contributed by atoms with E-state index in [2.05, 4.69) is 79.5 Å². The Balaban J connectivity index is 1.33. The number of aryl methyl sites for hydroxylation is 1. The van der Waals surface area contributed by atoms with Crippen LogP contribution in [0.3, 0.4) is 0 Å². The third-order valence-corrected chi connectivity index (χ3v) is 5.91. The number of H-pyrrole nitrogens is 1. The molecule has 0 radical (unpaired) electrons. The average molecular weight is 431 g/mol. The van der Waals surface area contributed by atoms with Gasteiger partial charge in [0.2, 0.25) is 5.65 Å². The maximum Gasteiger partial charge on any atom is 0.207 e. The van der Waals surface area contributed by atoms with E-state index in [0.29, 0.717) is 29.3 Å². The third-order valence-electron chi connectivity index (χ3n) is 5.91. The number of ether oxygens (including phenoxy) is 1. The summed E-state index contributed by atoms with van der Waals surface area (Å²) in [5.74, 6) is 1.95. The van der Waals surface area contributed by atoms with Gasteiger partial charge in [0, 0.05) is 38.4 Å². The summed E-state index contributed by atoms with van der Waals surface area (Å²) in [6.45, 7) is 6.62. The van der Waals surface area contributed by atoms with E-state index in [1.54, 1.807) is 6.07 Å². The smallest absolute Gasteiger partial charge is 0.207 e. The maximum absolute atomic E-state index is 6.01. The van der Waals surface area contributed by atoms with Crippen LogP contribution >= 0.6 is 0 Å². The van der Waals surface area contributed by atoms with Gasteiger partial charge in [0.1, 0.15) is 18.2 Å². The molecule has 1 saturated heterocycles. The molecule has 32 heavy (non-hydrogen) atoms. The molecule has 1 aliphatic rings. The lowest BCUT2D eigenvalue weighted by Crippen LogP contribution is -2.44. The summed E-state index contributed by atoms with van der Waals surface area (Å²) in [7, 11) is 2.16. The summed E-state index contributed by atoms with van der Waals surface area (Å²) in [4.78, 5) is 13.4. The number of piperazine rings is 1. The summed E-state index contributed by atoms with van der Waals surface area (Å²) >= 11 is 0. The van der Waals surface area contributed by atoms with E-state index in [-0.39, 0.29) is 0 Å².